The van der Waals surface area contributed by atoms with Crippen molar-refractivity contribution in [3.63, 3.8) is 0 Å². The van der Waals surface area contributed by atoms with Gasteiger partial charge in [0.05, 0.1) is 0 Å². The number of thiophene rings is 1. The van der Waals surface area contributed by atoms with E-state index in [0.717, 1.165) is 17.6 Å². The van der Waals surface area contributed by atoms with Gasteiger partial charge in [-0.05, 0) is 34.9 Å². The minimum Gasteiger partial charge on any atom is -0.152 e. The molecule has 0 bridgehead atoms. The summed E-state index contributed by atoms with van der Waals surface area (Å²) in [5.41, 5.74) is 2.12. The van der Waals surface area contributed by atoms with Crippen molar-refractivity contribution in [2.75, 3.05) is 0 Å². The Morgan fingerprint density at radius 1 is 1.11 bits per heavy atom. The number of rotatable bonds is 3. The van der Waals surface area contributed by atoms with Crippen molar-refractivity contribution < 1.29 is 0 Å². The van der Waals surface area contributed by atoms with E-state index in [9.17, 15) is 0 Å². The molecule has 2 heterocycles. The van der Waals surface area contributed by atoms with Crippen molar-refractivity contribution in [2.24, 2.45) is 0 Å². The van der Waals surface area contributed by atoms with Gasteiger partial charge in [0, 0.05) is 5.57 Å². The van der Waals surface area contributed by atoms with Gasteiger partial charge in [0.25, 0.3) is 0 Å². The number of aromatic nitrogens is 4. The summed E-state index contributed by atoms with van der Waals surface area (Å²) in [7, 11) is 0. The third-order valence-electron chi connectivity index (χ3n) is 2.49. The van der Waals surface area contributed by atoms with Crippen molar-refractivity contribution in [2.45, 2.75) is 6.42 Å². The molecule has 0 atom stereocenters. The van der Waals surface area contributed by atoms with Gasteiger partial charge in [0.15, 0.2) is 5.82 Å². The van der Waals surface area contributed by atoms with E-state index in [4.69, 9.17) is 0 Å². The molecule has 18 heavy (non-hydrogen) atoms. The van der Waals surface area contributed by atoms with Crippen LogP contribution in [0.15, 0.2) is 35.1 Å². The standard InChI is InChI=1S/C13H10N4S/c1-2-4-11(3-1)13-16-14-12(15-17-13)6-5-10-7-8-18-9-10/h1,3-9H,2H2/b6-5+. The summed E-state index contributed by atoms with van der Waals surface area (Å²) in [5, 5.41) is 20.3. The van der Waals surface area contributed by atoms with Crippen molar-refractivity contribution in [3.05, 3.63) is 52.3 Å². The second kappa shape index (κ2) is 5.01. The predicted molar refractivity (Wildman–Crippen MR) is 72.6 cm³/mol. The molecule has 5 heteroatoms. The summed E-state index contributed by atoms with van der Waals surface area (Å²) in [6.07, 6.45) is 10.8. The highest BCUT2D eigenvalue weighted by molar-refractivity contribution is 7.08. The molecule has 0 saturated heterocycles. The van der Waals surface area contributed by atoms with E-state index in [1.807, 2.05) is 29.7 Å². The Morgan fingerprint density at radius 2 is 2.00 bits per heavy atom. The number of allylic oxidation sites excluding steroid dienone is 4. The first-order chi connectivity index (χ1) is 8.92. The summed E-state index contributed by atoms with van der Waals surface area (Å²) in [6.45, 7) is 0. The van der Waals surface area contributed by atoms with Crippen LogP contribution in [0.25, 0.3) is 17.7 Å². The van der Waals surface area contributed by atoms with Crippen molar-refractivity contribution in [1.29, 1.82) is 0 Å². The van der Waals surface area contributed by atoms with Crippen LogP contribution in [0, 0.1) is 0 Å². The highest BCUT2D eigenvalue weighted by Gasteiger charge is 2.06. The third-order valence-corrected chi connectivity index (χ3v) is 3.19. The third kappa shape index (κ3) is 2.41. The number of hydrogen-bond donors (Lipinski definition) is 0. The van der Waals surface area contributed by atoms with Crippen LogP contribution in [0.4, 0.5) is 0 Å². The predicted octanol–water partition coefficient (Wildman–Crippen LogP) is 2.84. The summed E-state index contributed by atoms with van der Waals surface area (Å²) >= 11 is 1.66. The smallest absolute Gasteiger partial charge is 0.152 e. The molecule has 0 aliphatic heterocycles. The van der Waals surface area contributed by atoms with Crippen LogP contribution >= 0.6 is 11.3 Å². The molecule has 1 aliphatic carbocycles. The molecule has 0 aromatic carbocycles. The second-order valence-corrected chi connectivity index (χ2v) is 4.55. The Labute approximate surface area is 108 Å². The van der Waals surface area contributed by atoms with Gasteiger partial charge < -0.3 is 0 Å². The lowest BCUT2D eigenvalue weighted by molar-refractivity contribution is 0.822. The Morgan fingerprint density at radius 3 is 2.67 bits per heavy atom. The van der Waals surface area contributed by atoms with Gasteiger partial charge >= 0.3 is 0 Å². The molecule has 2 aromatic heterocycles. The molecule has 0 amide bonds. The van der Waals surface area contributed by atoms with E-state index in [0.29, 0.717) is 11.6 Å². The van der Waals surface area contributed by atoms with E-state index >= 15 is 0 Å². The fourth-order valence-corrected chi connectivity index (χ4v) is 2.21. The van der Waals surface area contributed by atoms with E-state index in [1.54, 1.807) is 11.3 Å². The van der Waals surface area contributed by atoms with Gasteiger partial charge in [0.1, 0.15) is 0 Å². The van der Waals surface area contributed by atoms with Crippen LogP contribution in [0.3, 0.4) is 0 Å². The van der Waals surface area contributed by atoms with E-state index in [1.165, 1.54) is 0 Å². The van der Waals surface area contributed by atoms with Crippen LogP contribution in [-0.4, -0.2) is 20.4 Å². The van der Waals surface area contributed by atoms with Crippen molar-refractivity contribution in [1.82, 2.24) is 20.4 Å². The number of hydrogen-bond acceptors (Lipinski definition) is 5. The molecule has 0 radical (unpaired) electrons. The number of nitrogens with zero attached hydrogens (tertiary/aromatic N) is 4. The highest BCUT2D eigenvalue weighted by atomic mass is 32.1. The topological polar surface area (TPSA) is 51.6 Å². The largest absolute Gasteiger partial charge is 0.203 e. The van der Waals surface area contributed by atoms with Crippen LogP contribution in [-0.2, 0) is 0 Å². The molecule has 0 saturated carbocycles. The van der Waals surface area contributed by atoms with Gasteiger partial charge in [-0.2, -0.15) is 11.3 Å². The van der Waals surface area contributed by atoms with E-state index in [2.05, 4.69) is 37.9 Å². The lowest BCUT2D eigenvalue weighted by atomic mass is 10.3. The maximum Gasteiger partial charge on any atom is 0.203 e. The van der Waals surface area contributed by atoms with Crippen LogP contribution in [0.1, 0.15) is 23.6 Å². The summed E-state index contributed by atoms with van der Waals surface area (Å²) < 4.78 is 0. The van der Waals surface area contributed by atoms with Crippen LogP contribution in [0.2, 0.25) is 0 Å². The molecule has 2 aromatic rings. The lowest BCUT2D eigenvalue weighted by Gasteiger charge is -1.95. The monoisotopic (exact) mass is 254 g/mol. The summed E-state index contributed by atoms with van der Waals surface area (Å²) in [4.78, 5) is 0. The Balaban J connectivity index is 1.77. The van der Waals surface area contributed by atoms with E-state index in [-0.39, 0.29) is 0 Å². The molecule has 0 unspecified atom stereocenters. The minimum absolute atomic E-state index is 0.521. The zero-order valence-corrected chi connectivity index (χ0v) is 10.3. The average Bonchev–Trinajstić information content (AvgIpc) is 3.10. The molecule has 1 aliphatic rings. The molecule has 4 nitrogen and oxygen atoms in total. The first kappa shape index (κ1) is 11.0. The molecule has 3 rings (SSSR count). The molecule has 0 N–H and O–H groups in total. The first-order valence-corrected chi connectivity index (χ1v) is 6.51. The highest BCUT2D eigenvalue weighted by Crippen LogP contribution is 2.16. The maximum absolute atomic E-state index is 4.07. The molecule has 88 valence electrons. The van der Waals surface area contributed by atoms with Crippen LogP contribution in [0.5, 0.6) is 0 Å². The molecular formula is C13H10N4S. The fourth-order valence-electron chi connectivity index (χ4n) is 1.58. The van der Waals surface area contributed by atoms with Crippen molar-refractivity contribution in [3.8, 4) is 0 Å². The van der Waals surface area contributed by atoms with Gasteiger partial charge in [-0.3, -0.25) is 0 Å². The minimum atomic E-state index is 0.521. The second-order valence-electron chi connectivity index (χ2n) is 3.77. The average molecular weight is 254 g/mol. The Bertz CT molecular complexity index is 609. The van der Waals surface area contributed by atoms with Gasteiger partial charge in [-0.15, -0.1) is 20.4 Å². The summed E-state index contributed by atoms with van der Waals surface area (Å²) in [5.74, 6) is 1.10. The quantitative estimate of drug-likeness (QED) is 0.845. The zero-order valence-electron chi connectivity index (χ0n) is 9.52. The molecular weight excluding hydrogens is 244 g/mol. The Kier molecular flexibility index (Phi) is 3.06. The summed E-state index contributed by atoms with van der Waals surface area (Å²) in [6, 6.07) is 2.03. The normalized spacial score (nSPS) is 14.3. The lowest BCUT2D eigenvalue weighted by Crippen LogP contribution is -2.00. The fraction of sp³-hybridized carbons (Fsp3) is 0.0769. The Hall–Kier alpha value is -2.14. The van der Waals surface area contributed by atoms with Gasteiger partial charge in [0.2, 0.25) is 5.82 Å². The SMILES string of the molecule is C1=CC(c2nnc(/C=C/c3ccsc3)nn2)=CC1. The van der Waals surface area contributed by atoms with Crippen LogP contribution < -0.4 is 0 Å². The molecule has 0 spiro atoms. The van der Waals surface area contributed by atoms with Gasteiger partial charge in [-0.1, -0.05) is 24.3 Å². The van der Waals surface area contributed by atoms with E-state index < -0.39 is 0 Å². The first-order valence-electron chi connectivity index (χ1n) is 5.56. The van der Waals surface area contributed by atoms with Crippen molar-refractivity contribution >= 4 is 29.1 Å². The zero-order chi connectivity index (χ0) is 12.2. The maximum atomic E-state index is 4.07. The van der Waals surface area contributed by atoms with Gasteiger partial charge in [-0.25, -0.2) is 0 Å². The molecule has 0 fully saturated rings.